The zero-order valence-electron chi connectivity index (χ0n) is 11.8. The molecule has 0 saturated heterocycles. The molecule has 0 atom stereocenters. The number of rotatable bonds is 2. The van der Waals surface area contributed by atoms with Gasteiger partial charge in [0.25, 0.3) is 5.97 Å². The molecule has 0 saturated carbocycles. The number of hydrogen-bond donors (Lipinski definition) is 1. The molecule has 6 nitrogen and oxygen atoms in total. The van der Waals surface area contributed by atoms with Gasteiger partial charge in [0.05, 0.1) is 0 Å². The summed E-state index contributed by atoms with van der Waals surface area (Å²) >= 11 is 0. The zero-order valence-corrected chi connectivity index (χ0v) is 11.8. The molecule has 0 spiro atoms. The lowest BCUT2D eigenvalue weighted by Crippen LogP contribution is -2.25. The molecule has 0 aliphatic carbocycles. The number of carbonyl (C=O) groups excluding carboxylic acids is 2. The lowest BCUT2D eigenvalue weighted by molar-refractivity contribution is -0.156. The number of benzene rings is 2. The predicted molar refractivity (Wildman–Crippen MR) is 77.5 cm³/mol. The molecule has 2 aromatic rings. The first-order valence-electron chi connectivity index (χ1n) is 6.22. The molecule has 22 heavy (non-hydrogen) atoms. The Balaban J connectivity index is 0.000000541. The summed E-state index contributed by atoms with van der Waals surface area (Å²) in [6.45, 7) is 1.08. The van der Waals surface area contributed by atoms with Gasteiger partial charge in [-0.2, -0.15) is 0 Å². The molecule has 0 aliphatic heterocycles. The first-order valence-corrected chi connectivity index (χ1v) is 6.22. The number of hydrogen-bond acceptors (Lipinski definition) is 5. The largest absolute Gasteiger partial charge is 0.481 e. The van der Waals surface area contributed by atoms with Crippen LogP contribution in [-0.4, -0.2) is 23.0 Å². The first kappa shape index (κ1) is 16.9. The third-order valence-corrected chi connectivity index (χ3v) is 2.07. The Hall–Kier alpha value is -3.15. The monoisotopic (exact) mass is 302 g/mol. The second kappa shape index (κ2) is 8.91. The Bertz CT molecular complexity index is 566. The van der Waals surface area contributed by atoms with E-state index in [1.165, 1.54) is 0 Å². The van der Waals surface area contributed by atoms with Gasteiger partial charge >= 0.3 is 11.9 Å². The van der Waals surface area contributed by atoms with Crippen LogP contribution in [0.4, 0.5) is 0 Å². The summed E-state index contributed by atoms with van der Waals surface area (Å²) in [5.74, 6) is -2.34. The van der Waals surface area contributed by atoms with Crippen molar-refractivity contribution in [3.63, 3.8) is 0 Å². The molecule has 0 heterocycles. The molecule has 0 radical (unpaired) electrons. The number of aliphatic carboxylic acids is 1. The smallest absolute Gasteiger partial charge is 0.423 e. The summed E-state index contributed by atoms with van der Waals surface area (Å²) in [5.41, 5.74) is 0. The Labute approximate surface area is 126 Å². The first-order chi connectivity index (χ1) is 10.5. The highest BCUT2D eigenvalue weighted by Gasteiger charge is 2.18. The van der Waals surface area contributed by atoms with Crippen molar-refractivity contribution in [1.82, 2.24) is 0 Å². The van der Waals surface area contributed by atoms with E-state index >= 15 is 0 Å². The summed E-state index contributed by atoms with van der Waals surface area (Å²) in [6, 6.07) is 16.7. The van der Waals surface area contributed by atoms with Crippen LogP contribution in [0.5, 0.6) is 11.5 Å². The van der Waals surface area contributed by atoms with Gasteiger partial charge in [0.2, 0.25) is 0 Å². The summed E-state index contributed by atoms with van der Waals surface area (Å²) in [6.07, 6.45) is 0. The quantitative estimate of drug-likeness (QED) is 0.520. The van der Waals surface area contributed by atoms with Crippen LogP contribution in [-0.2, 0) is 14.4 Å². The van der Waals surface area contributed by atoms with Crippen molar-refractivity contribution < 1.29 is 29.0 Å². The van der Waals surface area contributed by atoms with Gasteiger partial charge < -0.3 is 14.6 Å². The fourth-order valence-electron chi connectivity index (χ4n) is 1.27. The minimum atomic E-state index is -1.05. The second-order valence-electron chi connectivity index (χ2n) is 3.92. The van der Waals surface area contributed by atoms with Crippen molar-refractivity contribution in [2.45, 2.75) is 6.92 Å². The minimum absolute atomic E-state index is 0.299. The summed E-state index contributed by atoms with van der Waals surface area (Å²) in [4.78, 5) is 31.8. The molecule has 114 valence electrons. The van der Waals surface area contributed by atoms with E-state index in [0.717, 1.165) is 6.92 Å². The molecule has 1 N–H and O–H groups in total. The number of carbonyl (C=O) groups is 3. The maximum atomic E-state index is 11.4. The van der Waals surface area contributed by atoms with Crippen LogP contribution in [0.1, 0.15) is 6.92 Å². The molecule has 0 unspecified atom stereocenters. The van der Waals surface area contributed by atoms with Gasteiger partial charge in [0, 0.05) is 6.92 Å². The summed E-state index contributed by atoms with van der Waals surface area (Å²) in [7, 11) is 0. The van der Waals surface area contributed by atoms with Gasteiger partial charge in [0.15, 0.2) is 0 Å². The van der Waals surface area contributed by atoms with Gasteiger partial charge in [-0.05, 0) is 24.3 Å². The van der Waals surface area contributed by atoms with Gasteiger partial charge in [-0.25, -0.2) is 9.59 Å². The third kappa shape index (κ3) is 6.85. The predicted octanol–water partition coefficient (Wildman–Crippen LogP) is 2.29. The number of para-hydroxylation sites is 2. The van der Waals surface area contributed by atoms with E-state index in [-0.39, 0.29) is 0 Å². The van der Waals surface area contributed by atoms with Gasteiger partial charge in [-0.1, -0.05) is 36.4 Å². The SMILES string of the molecule is CC(=O)O.O=C(Oc1ccccc1)C(=O)Oc1ccccc1. The fourth-order valence-corrected chi connectivity index (χ4v) is 1.27. The highest BCUT2D eigenvalue weighted by molar-refractivity contribution is 6.31. The van der Waals surface area contributed by atoms with Crippen LogP contribution >= 0.6 is 0 Å². The molecule has 6 heteroatoms. The number of esters is 2. The molecular formula is C16H14O6. The Kier molecular flexibility index (Phi) is 6.85. The number of carboxylic acid groups (broad SMARTS) is 1. The lowest BCUT2D eigenvalue weighted by atomic mass is 10.3. The Morgan fingerprint density at radius 1 is 0.727 bits per heavy atom. The van der Waals surface area contributed by atoms with Crippen molar-refractivity contribution >= 4 is 17.9 Å². The van der Waals surface area contributed by atoms with Crippen LogP contribution in [0.15, 0.2) is 60.7 Å². The van der Waals surface area contributed by atoms with Crippen molar-refractivity contribution in [2.75, 3.05) is 0 Å². The number of ether oxygens (including phenoxy) is 2. The van der Waals surface area contributed by atoms with Crippen LogP contribution in [0.2, 0.25) is 0 Å². The average Bonchev–Trinajstić information content (AvgIpc) is 2.48. The minimum Gasteiger partial charge on any atom is -0.481 e. The summed E-state index contributed by atoms with van der Waals surface area (Å²) < 4.78 is 9.67. The van der Waals surface area contributed by atoms with E-state index in [2.05, 4.69) is 0 Å². The molecule has 0 aromatic heterocycles. The maximum absolute atomic E-state index is 11.4. The molecule has 0 fully saturated rings. The van der Waals surface area contributed by atoms with Crippen LogP contribution in [0.3, 0.4) is 0 Å². The van der Waals surface area contributed by atoms with E-state index in [9.17, 15) is 9.59 Å². The lowest BCUT2D eigenvalue weighted by Gasteiger charge is -2.04. The number of carboxylic acids is 1. The highest BCUT2D eigenvalue weighted by atomic mass is 16.6. The van der Waals surface area contributed by atoms with E-state index in [1.807, 2.05) is 0 Å². The highest BCUT2D eigenvalue weighted by Crippen LogP contribution is 2.11. The molecule has 0 bridgehead atoms. The molecule has 2 rings (SSSR count). The zero-order chi connectivity index (χ0) is 16.4. The molecule has 0 aliphatic rings. The maximum Gasteiger partial charge on any atom is 0.423 e. The van der Waals surface area contributed by atoms with Crippen molar-refractivity contribution in [3.05, 3.63) is 60.7 Å². The third-order valence-electron chi connectivity index (χ3n) is 2.07. The molecule has 2 aromatic carbocycles. The van der Waals surface area contributed by atoms with Crippen molar-refractivity contribution in [2.24, 2.45) is 0 Å². The molecular weight excluding hydrogens is 288 g/mol. The topological polar surface area (TPSA) is 89.9 Å². The Morgan fingerprint density at radius 3 is 1.27 bits per heavy atom. The molecule has 0 amide bonds. The fraction of sp³-hybridized carbons (Fsp3) is 0.0625. The standard InChI is InChI=1S/C14H10O4.C2H4O2/c15-13(17-11-7-3-1-4-8-11)14(16)18-12-9-5-2-6-10-12;1-2(3)4/h1-10H;1H3,(H,3,4). The van der Waals surface area contributed by atoms with Gasteiger partial charge in [0.1, 0.15) is 11.5 Å². The summed E-state index contributed by atoms with van der Waals surface area (Å²) in [5, 5.41) is 7.42. The van der Waals surface area contributed by atoms with E-state index < -0.39 is 17.9 Å². The van der Waals surface area contributed by atoms with Crippen LogP contribution < -0.4 is 9.47 Å². The van der Waals surface area contributed by atoms with Gasteiger partial charge in [-0.3, -0.25) is 4.79 Å². The van der Waals surface area contributed by atoms with E-state index in [4.69, 9.17) is 19.4 Å². The van der Waals surface area contributed by atoms with Crippen LogP contribution in [0, 0.1) is 0 Å². The second-order valence-corrected chi connectivity index (χ2v) is 3.92. The normalized spacial score (nSPS) is 8.95. The van der Waals surface area contributed by atoms with Crippen LogP contribution in [0.25, 0.3) is 0 Å². The van der Waals surface area contributed by atoms with Gasteiger partial charge in [-0.15, -0.1) is 0 Å². The average molecular weight is 302 g/mol. The van der Waals surface area contributed by atoms with Crippen molar-refractivity contribution in [1.29, 1.82) is 0 Å². The van der Waals surface area contributed by atoms with E-state index in [1.54, 1.807) is 60.7 Å². The van der Waals surface area contributed by atoms with Crippen molar-refractivity contribution in [3.8, 4) is 11.5 Å². The Morgan fingerprint density at radius 2 is 1.00 bits per heavy atom. The van der Waals surface area contributed by atoms with E-state index in [0.29, 0.717) is 11.5 Å².